The smallest absolute Gasteiger partial charge is 0.407 e. The van der Waals surface area contributed by atoms with Gasteiger partial charge in [0, 0.05) is 22.8 Å². The number of hydrogen-bond acceptors (Lipinski definition) is 10. The lowest BCUT2D eigenvalue weighted by atomic mass is 10.2. The van der Waals surface area contributed by atoms with Gasteiger partial charge in [-0.1, -0.05) is 35.4 Å². The topological polar surface area (TPSA) is 174 Å². The highest BCUT2D eigenvalue weighted by Crippen LogP contribution is 2.27. The highest BCUT2D eigenvalue weighted by molar-refractivity contribution is 8.13. The lowest BCUT2D eigenvalue weighted by Crippen LogP contribution is -2.38. The second kappa shape index (κ2) is 17.8. The van der Waals surface area contributed by atoms with E-state index in [0.29, 0.717) is 25.7 Å². The van der Waals surface area contributed by atoms with Crippen LogP contribution in [0.1, 0.15) is 91.2 Å². The van der Waals surface area contributed by atoms with Crippen LogP contribution in [0, 0.1) is 13.8 Å². The average Bonchev–Trinajstić information content (AvgIpc) is 3.54. The summed E-state index contributed by atoms with van der Waals surface area (Å²) in [5.41, 5.74) is 0.972. The standard InChI is InChI=1S/C17H25NO5S.C10H19NO3.C7H7ClO2S/c1-12-5-9-15(10-6-12)24(20,21)23-14-8-7-13(11-14)18-16(19)22-17(2,3)4;1-10(2,3)14-9(13)11-7-4-5-8(12)6-7;1-6-2-4-7(5-3-6)11(8,9)10/h5-6,9-10,13-14H,7-8,11H2,1-4H3,(H,18,19);7-8,12H,4-6H2,1-3H3,(H,11,13);2-5H,1H3. The van der Waals surface area contributed by atoms with Crippen molar-refractivity contribution in [2.45, 2.75) is 139 Å². The first-order valence-corrected chi connectivity index (χ1v) is 19.8. The number of halogens is 1. The summed E-state index contributed by atoms with van der Waals surface area (Å²) in [6, 6.07) is 12.8. The third-order valence-electron chi connectivity index (χ3n) is 7.11. The van der Waals surface area contributed by atoms with Crippen molar-refractivity contribution < 1.29 is 45.2 Å². The summed E-state index contributed by atoms with van der Waals surface area (Å²) in [4.78, 5) is 23.4. The lowest BCUT2D eigenvalue weighted by molar-refractivity contribution is 0.0490. The van der Waals surface area contributed by atoms with Gasteiger partial charge in [0.2, 0.25) is 0 Å². The summed E-state index contributed by atoms with van der Waals surface area (Å²) in [5.74, 6) is 0. The molecule has 2 aliphatic carbocycles. The number of amides is 2. The number of aliphatic hydroxyl groups is 1. The Bertz CT molecular complexity index is 1590. The number of alkyl carbamates (subject to hydrolysis) is 2. The van der Waals surface area contributed by atoms with Crippen LogP contribution in [0.3, 0.4) is 0 Å². The van der Waals surface area contributed by atoms with Crippen LogP contribution in [0.2, 0.25) is 0 Å². The SMILES string of the molecule is CC(C)(C)OC(=O)NC1CCC(O)C1.Cc1ccc(S(=O)(=O)Cl)cc1.Cc1ccc(S(=O)(=O)OC2CCC(NC(=O)OC(C)(C)C)C2)cc1. The van der Waals surface area contributed by atoms with Crippen molar-refractivity contribution in [1.82, 2.24) is 10.6 Å². The van der Waals surface area contributed by atoms with E-state index < -0.39 is 48.7 Å². The molecule has 3 N–H and O–H groups in total. The largest absolute Gasteiger partial charge is 0.444 e. The first-order valence-electron chi connectivity index (χ1n) is 16.1. The van der Waals surface area contributed by atoms with Gasteiger partial charge in [0.05, 0.1) is 22.0 Å². The molecule has 4 atom stereocenters. The van der Waals surface area contributed by atoms with E-state index in [0.717, 1.165) is 24.0 Å². The molecule has 12 nitrogen and oxygen atoms in total. The van der Waals surface area contributed by atoms with Crippen LogP contribution in [0.4, 0.5) is 9.59 Å². The Hall–Kier alpha value is -2.91. The van der Waals surface area contributed by atoms with E-state index in [2.05, 4.69) is 10.6 Å². The molecule has 4 unspecified atom stereocenters. The molecule has 0 aliphatic heterocycles. The summed E-state index contributed by atoms with van der Waals surface area (Å²) in [5, 5.41) is 14.8. The molecule has 2 saturated carbocycles. The molecule has 49 heavy (non-hydrogen) atoms. The van der Waals surface area contributed by atoms with E-state index in [1.807, 2.05) is 34.6 Å². The molecule has 276 valence electrons. The number of hydrogen-bond donors (Lipinski definition) is 3. The van der Waals surface area contributed by atoms with E-state index in [9.17, 15) is 31.5 Å². The molecule has 0 spiro atoms. The summed E-state index contributed by atoms with van der Waals surface area (Å²) < 4.78 is 61.6. The number of aliphatic hydroxyl groups excluding tert-OH is 1. The Morgan fingerprint density at radius 2 is 1.10 bits per heavy atom. The van der Waals surface area contributed by atoms with Crippen LogP contribution in [-0.2, 0) is 32.8 Å². The van der Waals surface area contributed by atoms with E-state index in [4.69, 9.17) is 24.3 Å². The Morgan fingerprint density at radius 1 is 0.694 bits per heavy atom. The normalized spacial score (nSPS) is 20.9. The maximum Gasteiger partial charge on any atom is 0.407 e. The highest BCUT2D eigenvalue weighted by atomic mass is 35.7. The van der Waals surface area contributed by atoms with Crippen molar-refractivity contribution in [3.8, 4) is 0 Å². The summed E-state index contributed by atoms with van der Waals surface area (Å²) in [6.07, 6.45) is 2.33. The van der Waals surface area contributed by atoms with Gasteiger partial charge in [0.1, 0.15) is 11.2 Å². The molecule has 2 aromatic rings. The van der Waals surface area contributed by atoms with E-state index >= 15 is 0 Å². The lowest BCUT2D eigenvalue weighted by Gasteiger charge is -2.21. The van der Waals surface area contributed by atoms with E-state index in [1.165, 1.54) is 24.3 Å². The third-order valence-corrected chi connectivity index (χ3v) is 9.85. The first-order chi connectivity index (χ1) is 22.4. The van der Waals surface area contributed by atoms with Crippen molar-refractivity contribution in [3.63, 3.8) is 0 Å². The van der Waals surface area contributed by atoms with Gasteiger partial charge in [-0.25, -0.2) is 18.0 Å². The molecule has 2 fully saturated rings. The number of carbonyl (C=O) groups excluding carboxylic acids is 2. The molecule has 2 aliphatic rings. The second-order valence-electron chi connectivity index (χ2n) is 14.2. The zero-order valence-corrected chi connectivity index (χ0v) is 31.9. The number of rotatable bonds is 6. The summed E-state index contributed by atoms with van der Waals surface area (Å²) in [7, 11) is -2.25. The zero-order chi connectivity index (χ0) is 37.2. The molecule has 0 bridgehead atoms. The predicted octanol–water partition coefficient (Wildman–Crippen LogP) is 6.49. The minimum Gasteiger partial charge on any atom is -0.444 e. The fourth-order valence-corrected chi connectivity index (χ4v) is 6.72. The van der Waals surface area contributed by atoms with Gasteiger partial charge in [-0.3, -0.25) is 4.18 Å². The van der Waals surface area contributed by atoms with Crippen molar-refractivity contribution in [2.75, 3.05) is 0 Å². The van der Waals surface area contributed by atoms with E-state index in [1.54, 1.807) is 45.0 Å². The van der Waals surface area contributed by atoms with Gasteiger partial charge >= 0.3 is 12.2 Å². The molecular formula is C34H51ClN2O10S2. The van der Waals surface area contributed by atoms with Gasteiger partial charge in [-0.15, -0.1) is 0 Å². The van der Waals surface area contributed by atoms with Gasteiger partial charge in [-0.2, -0.15) is 8.42 Å². The van der Waals surface area contributed by atoms with Crippen LogP contribution in [0.25, 0.3) is 0 Å². The first kappa shape index (κ1) is 42.3. The fraction of sp³-hybridized carbons (Fsp3) is 0.588. The van der Waals surface area contributed by atoms with Gasteiger partial charge in [0.25, 0.3) is 19.2 Å². The minimum atomic E-state index is -3.79. The molecule has 0 saturated heterocycles. The van der Waals surface area contributed by atoms with Crippen LogP contribution in [0.15, 0.2) is 58.3 Å². The maximum absolute atomic E-state index is 12.3. The van der Waals surface area contributed by atoms with Crippen molar-refractivity contribution in [3.05, 3.63) is 59.7 Å². The summed E-state index contributed by atoms with van der Waals surface area (Å²) >= 11 is 0. The number of aryl methyl sites for hydroxylation is 2. The Labute approximate surface area is 295 Å². The van der Waals surface area contributed by atoms with Gasteiger partial charge in [-0.05, 0) is 118 Å². The van der Waals surface area contributed by atoms with Crippen molar-refractivity contribution in [2.24, 2.45) is 0 Å². The van der Waals surface area contributed by atoms with Crippen molar-refractivity contribution >= 4 is 42.0 Å². The number of carbonyl (C=O) groups is 2. The zero-order valence-electron chi connectivity index (χ0n) is 29.5. The molecule has 15 heteroatoms. The minimum absolute atomic E-state index is 0.0693. The number of ether oxygens (including phenoxy) is 2. The number of benzene rings is 2. The van der Waals surface area contributed by atoms with Crippen LogP contribution >= 0.6 is 10.7 Å². The molecule has 2 aromatic carbocycles. The number of nitrogens with one attached hydrogen (secondary N) is 2. The molecular weight excluding hydrogens is 696 g/mol. The second-order valence-corrected chi connectivity index (χ2v) is 18.3. The van der Waals surface area contributed by atoms with Crippen LogP contribution in [0.5, 0.6) is 0 Å². The highest BCUT2D eigenvalue weighted by Gasteiger charge is 2.32. The Kier molecular flexibility index (Phi) is 15.4. The van der Waals surface area contributed by atoms with Crippen molar-refractivity contribution in [1.29, 1.82) is 0 Å². The maximum atomic E-state index is 12.3. The van der Waals surface area contributed by atoms with Crippen LogP contribution < -0.4 is 10.6 Å². The Balaban J connectivity index is 0.000000282. The third kappa shape index (κ3) is 17.0. The average molecular weight is 747 g/mol. The quantitative estimate of drug-likeness (QED) is 0.219. The molecule has 2 amide bonds. The monoisotopic (exact) mass is 746 g/mol. The van der Waals surface area contributed by atoms with Crippen LogP contribution in [-0.4, -0.2) is 69.6 Å². The van der Waals surface area contributed by atoms with Gasteiger partial charge < -0.3 is 25.2 Å². The predicted molar refractivity (Wildman–Crippen MR) is 187 cm³/mol. The Morgan fingerprint density at radius 3 is 1.49 bits per heavy atom. The van der Waals surface area contributed by atoms with E-state index in [-0.39, 0.29) is 28.0 Å². The molecule has 0 heterocycles. The molecule has 4 rings (SSSR count). The summed E-state index contributed by atoms with van der Waals surface area (Å²) in [6.45, 7) is 14.6. The van der Waals surface area contributed by atoms with Gasteiger partial charge in [0.15, 0.2) is 0 Å². The molecule has 0 aromatic heterocycles. The fourth-order valence-electron chi connectivity index (χ4n) is 4.84. The molecule has 0 radical (unpaired) electrons.